The molecule has 0 saturated heterocycles. The number of carbonyl (C=O) groups is 1. The number of sulfone groups is 1. The molecular formula is C15H19N5O4S. The van der Waals surface area contributed by atoms with Crippen LogP contribution in [0.1, 0.15) is 21.9 Å². The number of benzene rings is 1. The molecule has 1 amide bonds. The Morgan fingerprint density at radius 1 is 1.28 bits per heavy atom. The average Bonchev–Trinajstić information content (AvgIpc) is 2.82. The van der Waals surface area contributed by atoms with Crippen molar-refractivity contribution in [3.8, 4) is 11.4 Å². The number of hydrogen-bond donors (Lipinski definition) is 2. The van der Waals surface area contributed by atoms with Gasteiger partial charge in [0, 0.05) is 18.5 Å². The van der Waals surface area contributed by atoms with Gasteiger partial charge in [0.15, 0.2) is 15.8 Å². The van der Waals surface area contributed by atoms with E-state index in [-0.39, 0.29) is 16.2 Å². The summed E-state index contributed by atoms with van der Waals surface area (Å²) in [6, 6.07) is 2.65. The van der Waals surface area contributed by atoms with E-state index in [9.17, 15) is 13.2 Å². The maximum absolute atomic E-state index is 12.3. The third kappa shape index (κ3) is 3.79. The van der Waals surface area contributed by atoms with Crippen molar-refractivity contribution < 1.29 is 17.9 Å². The van der Waals surface area contributed by atoms with E-state index in [2.05, 4.69) is 9.98 Å². The second-order valence-corrected chi connectivity index (χ2v) is 7.42. The molecule has 0 unspecified atom stereocenters. The number of hydrogen-bond acceptors (Lipinski definition) is 5. The summed E-state index contributed by atoms with van der Waals surface area (Å²) in [5, 5.41) is 0. The highest BCUT2D eigenvalue weighted by Gasteiger charge is 2.23. The van der Waals surface area contributed by atoms with Crippen molar-refractivity contribution in [2.45, 2.75) is 18.7 Å². The van der Waals surface area contributed by atoms with E-state index in [1.165, 1.54) is 19.2 Å². The molecule has 0 saturated carbocycles. The summed E-state index contributed by atoms with van der Waals surface area (Å²) < 4.78 is 31.4. The van der Waals surface area contributed by atoms with Gasteiger partial charge in [-0.15, -0.1) is 0 Å². The van der Waals surface area contributed by atoms with Crippen molar-refractivity contribution in [2.75, 3.05) is 13.4 Å². The molecule has 0 aliphatic rings. The second-order valence-electron chi connectivity index (χ2n) is 5.43. The average molecular weight is 365 g/mol. The molecule has 10 heteroatoms. The van der Waals surface area contributed by atoms with E-state index in [1.54, 1.807) is 24.6 Å². The Morgan fingerprint density at radius 2 is 1.92 bits per heavy atom. The molecular weight excluding hydrogens is 346 g/mol. The Labute approximate surface area is 145 Å². The highest BCUT2D eigenvalue weighted by molar-refractivity contribution is 7.90. The first-order chi connectivity index (χ1) is 11.5. The zero-order chi connectivity index (χ0) is 18.9. The molecule has 0 aliphatic carbocycles. The van der Waals surface area contributed by atoms with Gasteiger partial charge in [0.25, 0.3) is 5.91 Å². The van der Waals surface area contributed by atoms with Crippen LogP contribution in [0.4, 0.5) is 0 Å². The predicted octanol–water partition coefficient (Wildman–Crippen LogP) is 0.315. The highest BCUT2D eigenvalue weighted by atomic mass is 32.2. The summed E-state index contributed by atoms with van der Waals surface area (Å²) in [6.45, 7) is 3.53. The van der Waals surface area contributed by atoms with Crippen LogP contribution in [0.15, 0.2) is 28.2 Å². The molecule has 25 heavy (non-hydrogen) atoms. The smallest absolute Gasteiger partial charge is 0.283 e. The van der Waals surface area contributed by atoms with Crippen LogP contribution < -0.4 is 16.2 Å². The molecule has 0 radical (unpaired) electrons. The van der Waals surface area contributed by atoms with E-state index >= 15 is 0 Å². The lowest BCUT2D eigenvalue weighted by Crippen LogP contribution is -2.24. The first kappa shape index (κ1) is 18.5. The Morgan fingerprint density at radius 3 is 2.36 bits per heavy atom. The van der Waals surface area contributed by atoms with Crippen LogP contribution >= 0.6 is 0 Å². The molecule has 1 heterocycles. The highest BCUT2D eigenvalue weighted by Crippen LogP contribution is 2.31. The lowest BCUT2D eigenvalue weighted by Gasteiger charge is -2.15. The van der Waals surface area contributed by atoms with Gasteiger partial charge in [-0.3, -0.25) is 4.79 Å². The first-order valence-corrected chi connectivity index (χ1v) is 9.02. The molecule has 0 atom stereocenters. The van der Waals surface area contributed by atoms with E-state index < -0.39 is 21.7 Å². The summed E-state index contributed by atoms with van der Waals surface area (Å²) >= 11 is 0. The van der Waals surface area contributed by atoms with Crippen LogP contribution in [0.5, 0.6) is 5.75 Å². The van der Waals surface area contributed by atoms with Gasteiger partial charge >= 0.3 is 0 Å². The molecule has 2 rings (SSSR count). The van der Waals surface area contributed by atoms with E-state index in [1.807, 2.05) is 0 Å². The molecule has 134 valence electrons. The van der Waals surface area contributed by atoms with Crippen molar-refractivity contribution in [3.63, 3.8) is 0 Å². The molecule has 0 fully saturated rings. The zero-order valence-corrected chi connectivity index (χ0v) is 15.1. The predicted molar refractivity (Wildman–Crippen MR) is 92.8 cm³/mol. The molecule has 0 bridgehead atoms. The van der Waals surface area contributed by atoms with Gasteiger partial charge < -0.3 is 20.8 Å². The fraction of sp³-hybridized carbons (Fsp3) is 0.267. The number of aryl methyl sites for hydroxylation is 2. The number of nitrogens with zero attached hydrogens (tertiary/aromatic N) is 3. The topological polar surface area (TPSA) is 143 Å². The number of amides is 1. The standard InChI is InChI=1S/C15H19N5O4S/c1-8-7-20(9(2)18-8)11-6-12(24-3)10(14(21)19-15(16)17)5-13(11)25(4,22)23/h5-7H,1-4H3,(H4,16,17,19,21). The lowest BCUT2D eigenvalue weighted by molar-refractivity contribution is 0.0999. The largest absolute Gasteiger partial charge is 0.496 e. The molecule has 1 aromatic carbocycles. The minimum Gasteiger partial charge on any atom is -0.496 e. The first-order valence-electron chi connectivity index (χ1n) is 7.13. The molecule has 1 aromatic heterocycles. The third-order valence-electron chi connectivity index (χ3n) is 3.40. The fourth-order valence-corrected chi connectivity index (χ4v) is 3.28. The minimum absolute atomic E-state index is 0.0606. The Bertz CT molecular complexity index is 972. The minimum atomic E-state index is -3.67. The van der Waals surface area contributed by atoms with E-state index in [4.69, 9.17) is 16.2 Å². The molecule has 9 nitrogen and oxygen atoms in total. The number of guanidine groups is 1. The SMILES string of the molecule is COc1cc(-n2cc(C)nc2C)c(S(C)(=O)=O)cc1C(=O)N=C(N)N. The zero-order valence-electron chi connectivity index (χ0n) is 14.3. The van der Waals surface area contributed by atoms with E-state index in [0.29, 0.717) is 11.5 Å². The number of imidazole rings is 1. The van der Waals surface area contributed by atoms with Crippen LogP contribution in [0, 0.1) is 13.8 Å². The van der Waals surface area contributed by atoms with Crippen LogP contribution in [-0.4, -0.2) is 43.2 Å². The fourth-order valence-electron chi connectivity index (χ4n) is 2.41. The van der Waals surface area contributed by atoms with Gasteiger partial charge in [-0.05, 0) is 19.9 Å². The third-order valence-corrected chi connectivity index (χ3v) is 4.53. The summed E-state index contributed by atoms with van der Waals surface area (Å²) in [5.74, 6) is -0.499. The van der Waals surface area contributed by atoms with Crippen LogP contribution in [0.2, 0.25) is 0 Å². The lowest BCUT2D eigenvalue weighted by atomic mass is 10.1. The van der Waals surface area contributed by atoms with Gasteiger partial charge in [0.1, 0.15) is 11.6 Å². The number of nitrogens with two attached hydrogens (primary N) is 2. The Balaban J connectivity index is 2.84. The molecule has 2 aromatic rings. The summed E-state index contributed by atoms with van der Waals surface area (Å²) in [4.78, 5) is 19.8. The maximum atomic E-state index is 12.3. The van der Waals surface area contributed by atoms with Crippen molar-refractivity contribution in [1.29, 1.82) is 0 Å². The normalized spacial score (nSPS) is 11.2. The number of aliphatic imine (C=N–C) groups is 1. The van der Waals surface area contributed by atoms with Crippen LogP contribution in [0.25, 0.3) is 5.69 Å². The summed E-state index contributed by atoms with van der Waals surface area (Å²) in [7, 11) is -2.31. The number of carbonyl (C=O) groups excluding carboxylic acids is 1. The van der Waals surface area contributed by atoms with Crippen molar-refractivity contribution in [3.05, 3.63) is 35.4 Å². The Hall–Kier alpha value is -2.88. The van der Waals surface area contributed by atoms with Gasteiger partial charge in [0.05, 0.1) is 29.0 Å². The van der Waals surface area contributed by atoms with Gasteiger partial charge in [0.2, 0.25) is 0 Å². The number of methoxy groups -OCH3 is 1. The maximum Gasteiger partial charge on any atom is 0.283 e. The van der Waals surface area contributed by atoms with Gasteiger partial charge in [-0.25, -0.2) is 13.4 Å². The number of ether oxygens (including phenoxy) is 1. The number of aromatic nitrogens is 2. The van der Waals surface area contributed by atoms with Gasteiger partial charge in [-0.1, -0.05) is 0 Å². The Kier molecular flexibility index (Phi) is 4.84. The quantitative estimate of drug-likeness (QED) is 0.586. The summed E-state index contributed by atoms with van der Waals surface area (Å²) in [5.41, 5.74) is 11.4. The molecule has 4 N–H and O–H groups in total. The van der Waals surface area contributed by atoms with Crippen molar-refractivity contribution >= 4 is 21.7 Å². The van der Waals surface area contributed by atoms with Crippen molar-refractivity contribution in [1.82, 2.24) is 9.55 Å². The monoisotopic (exact) mass is 365 g/mol. The van der Waals surface area contributed by atoms with Gasteiger partial charge in [-0.2, -0.15) is 4.99 Å². The van der Waals surface area contributed by atoms with Crippen molar-refractivity contribution in [2.24, 2.45) is 16.5 Å². The second kappa shape index (κ2) is 6.55. The molecule has 0 spiro atoms. The molecule has 0 aliphatic heterocycles. The van der Waals surface area contributed by atoms with Crippen LogP contribution in [-0.2, 0) is 9.84 Å². The number of rotatable bonds is 4. The van der Waals surface area contributed by atoms with E-state index in [0.717, 1.165) is 11.9 Å². The van der Waals surface area contributed by atoms with Crippen LogP contribution in [0.3, 0.4) is 0 Å². The summed E-state index contributed by atoms with van der Waals surface area (Å²) in [6.07, 6.45) is 2.74.